The molecule has 0 rings (SSSR count). The van der Waals surface area contributed by atoms with Crippen molar-refractivity contribution in [2.45, 2.75) is 244 Å². The van der Waals surface area contributed by atoms with Crippen LogP contribution in [0.3, 0.4) is 0 Å². The lowest BCUT2D eigenvalue weighted by molar-refractivity contribution is -0.151. The van der Waals surface area contributed by atoms with E-state index in [9.17, 15) is 19.8 Å². The Balaban J connectivity index is 4.68. The van der Waals surface area contributed by atoms with Crippen LogP contribution in [0.15, 0.2) is 72.9 Å². The topological polar surface area (TPSA) is 95.9 Å². The van der Waals surface area contributed by atoms with Crippen LogP contribution in [0, 0.1) is 0 Å². The van der Waals surface area contributed by atoms with E-state index in [4.69, 9.17) is 4.74 Å². The van der Waals surface area contributed by atoms with Gasteiger partial charge in [-0.05, 0) is 89.9 Å². The second-order valence-corrected chi connectivity index (χ2v) is 16.5. The van der Waals surface area contributed by atoms with Gasteiger partial charge < -0.3 is 20.3 Å². The van der Waals surface area contributed by atoms with Crippen molar-refractivity contribution in [3.8, 4) is 0 Å². The summed E-state index contributed by atoms with van der Waals surface area (Å²) in [5.41, 5.74) is 0. The predicted octanol–water partition coefficient (Wildman–Crippen LogP) is 14.6. The van der Waals surface area contributed by atoms with Gasteiger partial charge in [-0.1, -0.05) is 196 Å². The molecule has 0 aromatic carbocycles. The molecule has 340 valence electrons. The molecule has 6 heteroatoms. The lowest BCUT2D eigenvalue weighted by atomic mass is 10.0. The smallest absolute Gasteiger partial charge is 0.306 e. The van der Waals surface area contributed by atoms with Crippen LogP contribution in [0.25, 0.3) is 0 Å². The number of amides is 1. The molecule has 0 aromatic heterocycles. The summed E-state index contributed by atoms with van der Waals surface area (Å²) in [6, 6.07) is -0.718. The number of carbonyl (C=O) groups is 2. The van der Waals surface area contributed by atoms with Crippen LogP contribution in [0.2, 0.25) is 0 Å². The van der Waals surface area contributed by atoms with Crippen LogP contribution >= 0.6 is 0 Å². The number of unbranched alkanes of at least 4 members (excludes halogenated alkanes) is 19. The highest BCUT2D eigenvalue weighted by atomic mass is 16.5. The second kappa shape index (κ2) is 46.4. The van der Waals surface area contributed by atoms with Gasteiger partial charge in [0.1, 0.15) is 6.10 Å². The van der Waals surface area contributed by atoms with E-state index in [0.717, 1.165) is 89.9 Å². The number of nitrogens with one attached hydrogen (secondary N) is 1. The fourth-order valence-corrected chi connectivity index (χ4v) is 7.05. The number of aliphatic hydroxyl groups is 2. The van der Waals surface area contributed by atoms with Crippen LogP contribution in [0.1, 0.15) is 226 Å². The minimum atomic E-state index is -0.802. The predicted molar refractivity (Wildman–Crippen MR) is 255 cm³/mol. The zero-order valence-electron chi connectivity index (χ0n) is 38.6. The Morgan fingerprint density at radius 2 is 0.915 bits per heavy atom. The molecule has 0 radical (unpaired) electrons. The molecule has 3 unspecified atom stereocenters. The van der Waals surface area contributed by atoms with Crippen LogP contribution in [0.4, 0.5) is 0 Å². The van der Waals surface area contributed by atoms with Gasteiger partial charge in [0.15, 0.2) is 0 Å². The van der Waals surface area contributed by atoms with Crippen molar-refractivity contribution in [1.82, 2.24) is 5.32 Å². The van der Waals surface area contributed by atoms with Crippen molar-refractivity contribution in [3.05, 3.63) is 72.9 Å². The molecule has 0 aliphatic rings. The van der Waals surface area contributed by atoms with Gasteiger partial charge in [0.25, 0.3) is 0 Å². The zero-order chi connectivity index (χ0) is 43.1. The Morgan fingerprint density at radius 3 is 1.42 bits per heavy atom. The van der Waals surface area contributed by atoms with Gasteiger partial charge in [0.05, 0.1) is 25.2 Å². The maximum atomic E-state index is 13.2. The number of hydrogen-bond donors (Lipinski definition) is 3. The molecule has 59 heavy (non-hydrogen) atoms. The molecule has 3 atom stereocenters. The monoisotopic (exact) mass is 824 g/mol. The summed E-state index contributed by atoms with van der Waals surface area (Å²) >= 11 is 0. The zero-order valence-corrected chi connectivity index (χ0v) is 38.6. The molecular formula is C53H93NO5. The third kappa shape index (κ3) is 41.8. The van der Waals surface area contributed by atoms with Gasteiger partial charge in [-0.3, -0.25) is 9.59 Å². The number of rotatable bonds is 43. The summed E-state index contributed by atoms with van der Waals surface area (Å²) in [5, 5.41) is 23.7. The lowest BCUT2D eigenvalue weighted by Gasteiger charge is -2.24. The average molecular weight is 824 g/mol. The Morgan fingerprint density at radius 1 is 0.508 bits per heavy atom. The maximum Gasteiger partial charge on any atom is 0.306 e. The number of aliphatic hydroxyl groups excluding tert-OH is 2. The van der Waals surface area contributed by atoms with Crippen molar-refractivity contribution in [2.24, 2.45) is 0 Å². The van der Waals surface area contributed by atoms with Crippen LogP contribution in [0.5, 0.6) is 0 Å². The third-order valence-electron chi connectivity index (χ3n) is 10.8. The van der Waals surface area contributed by atoms with Gasteiger partial charge in [-0.15, -0.1) is 0 Å². The first kappa shape index (κ1) is 56.3. The molecule has 1 amide bonds. The molecule has 0 spiro atoms. The molecule has 3 N–H and O–H groups in total. The highest BCUT2D eigenvalue weighted by Crippen LogP contribution is 2.17. The maximum absolute atomic E-state index is 13.2. The van der Waals surface area contributed by atoms with Crippen molar-refractivity contribution >= 4 is 11.9 Å². The first-order valence-corrected chi connectivity index (χ1v) is 24.7. The first-order valence-electron chi connectivity index (χ1n) is 24.7. The van der Waals surface area contributed by atoms with Gasteiger partial charge >= 0.3 is 5.97 Å². The molecule has 0 fully saturated rings. The Kier molecular flexibility index (Phi) is 44.2. The number of ether oxygens (including phenoxy) is 1. The van der Waals surface area contributed by atoms with Gasteiger partial charge in [-0.25, -0.2) is 0 Å². The molecule has 0 bridgehead atoms. The van der Waals surface area contributed by atoms with Crippen molar-refractivity contribution in [3.63, 3.8) is 0 Å². The third-order valence-corrected chi connectivity index (χ3v) is 10.8. The van der Waals surface area contributed by atoms with E-state index in [2.05, 4.69) is 99.0 Å². The van der Waals surface area contributed by atoms with E-state index < -0.39 is 18.2 Å². The van der Waals surface area contributed by atoms with Crippen molar-refractivity contribution in [2.75, 3.05) is 6.61 Å². The van der Waals surface area contributed by atoms with E-state index in [1.165, 1.54) is 83.5 Å². The van der Waals surface area contributed by atoms with Gasteiger partial charge in [-0.2, -0.15) is 0 Å². The summed E-state index contributed by atoms with van der Waals surface area (Å²) in [4.78, 5) is 26.0. The normalized spacial score (nSPS) is 13.9. The van der Waals surface area contributed by atoms with E-state index in [1.807, 2.05) is 0 Å². The Labute approximate surface area is 364 Å². The largest absolute Gasteiger partial charge is 0.462 e. The summed E-state index contributed by atoms with van der Waals surface area (Å²) < 4.78 is 5.88. The first-order chi connectivity index (χ1) is 29.0. The van der Waals surface area contributed by atoms with Gasteiger partial charge in [0.2, 0.25) is 5.91 Å². The highest BCUT2D eigenvalue weighted by Gasteiger charge is 2.24. The van der Waals surface area contributed by atoms with Crippen molar-refractivity contribution < 1.29 is 24.5 Å². The molecule has 6 nitrogen and oxygen atoms in total. The number of carbonyl (C=O) groups excluding carboxylic acids is 2. The van der Waals surface area contributed by atoms with Crippen LogP contribution in [-0.4, -0.2) is 46.9 Å². The van der Waals surface area contributed by atoms with Gasteiger partial charge in [0, 0.05) is 6.42 Å². The van der Waals surface area contributed by atoms with Crippen molar-refractivity contribution in [1.29, 1.82) is 0 Å². The summed E-state index contributed by atoms with van der Waals surface area (Å²) in [6.07, 6.45) is 58.2. The molecular weight excluding hydrogens is 731 g/mol. The number of allylic oxidation sites excluding steroid dienone is 12. The molecule has 0 saturated heterocycles. The quantitative estimate of drug-likeness (QED) is 0.0323. The molecule has 0 aliphatic heterocycles. The summed E-state index contributed by atoms with van der Waals surface area (Å²) in [6.45, 7) is 6.31. The van der Waals surface area contributed by atoms with Crippen LogP contribution < -0.4 is 5.32 Å². The number of esters is 1. The fourth-order valence-electron chi connectivity index (χ4n) is 7.05. The lowest BCUT2D eigenvalue weighted by Crippen LogP contribution is -2.46. The van der Waals surface area contributed by atoms with E-state index in [0.29, 0.717) is 25.7 Å². The molecule has 0 heterocycles. The highest BCUT2D eigenvalue weighted by molar-refractivity contribution is 5.77. The minimum absolute atomic E-state index is 0.0435. The van der Waals surface area contributed by atoms with E-state index in [-0.39, 0.29) is 24.9 Å². The molecule has 0 aromatic rings. The average Bonchev–Trinajstić information content (AvgIpc) is 3.23. The Bertz CT molecular complexity index is 1110. The van der Waals surface area contributed by atoms with Crippen LogP contribution in [-0.2, 0) is 14.3 Å². The molecule has 0 saturated carbocycles. The second-order valence-electron chi connectivity index (χ2n) is 16.5. The molecule has 0 aliphatic carbocycles. The number of hydrogen-bond acceptors (Lipinski definition) is 5. The summed E-state index contributed by atoms with van der Waals surface area (Å²) in [7, 11) is 0. The minimum Gasteiger partial charge on any atom is -0.462 e. The summed E-state index contributed by atoms with van der Waals surface area (Å²) in [5.74, 6) is -0.559. The Hall–Kier alpha value is -2.70. The van der Waals surface area contributed by atoms with E-state index in [1.54, 1.807) is 0 Å². The van der Waals surface area contributed by atoms with E-state index >= 15 is 0 Å². The standard InChI is InChI=1S/C53H93NO5/c1-4-7-10-13-16-19-22-24-25-26-27-28-31-34-37-40-43-46-53(58)59-49(44-41-38-35-32-30-23-20-17-14-11-8-5-2)47-52(57)54-50(48-55)51(56)45-42-39-36-33-29-21-18-15-12-9-6-3/h8,11,16-17,19-20,24-25,27-28,34,37,49-51,55-56H,4-7,9-10,12-15,18,21-23,26,29-33,35-36,38-48H2,1-3H3,(H,54,57)/b11-8+,19-16-,20-17+,25-24-,28-27-,37-34-. The fraction of sp³-hybridized carbons (Fsp3) is 0.736. The SMILES string of the molecule is CC/C=C/C/C=C/CCCCCCCC(CC(=O)NC(CO)C(O)CCCCCCCCCCCCC)OC(=O)CCC/C=C\C/C=C\C/C=C\C/C=C\CCCCC.